The van der Waals surface area contributed by atoms with Gasteiger partial charge in [-0.25, -0.2) is 4.98 Å². The Labute approximate surface area is 141 Å². The van der Waals surface area contributed by atoms with E-state index < -0.39 is 0 Å². The summed E-state index contributed by atoms with van der Waals surface area (Å²) in [6.45, 7) is 1.07. The van der Waals surface area contributed by atoms with E-state index in [0.29, 0.717) is 10.7 Å². The fraction of sp³-hybridized carbons (Fsp3) is 0.375. The molecule has 0 spiro atoms. The monoisotopic (exact) mass is 336 g/mol. The molecule has 1 heterocycles. The molecule has 0 aliphatic carbocycles. The van der Waals surface area contributed by atoms with Crippen molar-refractivity contribution in [2.75, 3.05) is 26.4 Å². The van der Waals surface area contributed by atoms with E-state index in [-0.39, 0.29) is 0 Å². The smallest absolute Gasteiger partial charge is 0.168 e. The Bertz CT molecular complexity index is 634. The summed E-state index contributed by atoms with van der Waals surface area (Å²) in [4.78, 5) is 6.62. The van der Waals surface area contributed by atoms with Gasteiger partial charge in [0.05, 0.1) is 17.6 Å². The number of halogens is 1. The molecule has 4 nitrogen and oxygen atoms in total. The summed E-state index contributed by atoms with van der Waals surface area (Å²) < 4.78 is 1.98. The van der Waals surface area contributed by atoms with Crippen LogP contribution < -0.4 is 0 Å². The average molecular weight is 337 g/mol. The highest BCUT2D eigenvalue weighted by molar-refractivity contribution is 7.99. The molecule has 0 saturated heterocycles. The summed E-state index contributed by atoms with van der Waals surface area (Å²) in [5, 5.41) is 9.98. The van der Waals surface area contributed by atoms with Crippen molar-refractivity contribution in [1.82, 2.24) is 14.5 Å². The van der Waals surface area contributed by atoms with Crippen LogP contribution in [0.4, 0.5) is 0 Å². The van der Waals surface area contributed by atoms with Crippen molar-refractivity contribution in [1.29, 1.82) is 5.41 Å². The van der Waals surface area contributed by atoms with Crippen LogP contribution in [-0.4, -0.2) is 46.6 Å². The second-order valence-electron chi connectivity index (χ2n) is 5.37. The molecule has 1 aromatic heterocycles. The SMILES string of the molecule is CN(C)CCCSc1ncc(C(=N)c2ccc(Cl)cc2)n1C. The molecule has 6 heteroatoms. The average Bonchev–Trinajstić information content (AvgIpc) is 2.85. The van der Waals surface area contributed by atoms with Gasteiger partial charge in [-0.15, -0.1) is 0 Å². The predicted octanol–water partition coefficient (Wildman–Crippen LogP) is 3.53. The van der Waals surface area contributed by atoms with Gasteiger partial charge < -0.3 is 9.47 Å². The molecule has 0 radical (unpaired) electrons. The van der Waals surface area contributed by atoms with E-state index in [1.165, 1.54) is 0 Å². The fourth-order valence-corrected chi connectivity index (χ4v) is 3.07. The number of thioether (sulfide) groups is 1. The summed E-state index contributed by atoms with van der Waals surface area (Å²) in [6.07, 6.45) is 2.89. The van der Waals surface area contributed by atoms with Gasteiger partial charge in [0, 0.05) is 23.4 Å². The third kappa shape index (κ3) is 4.35. The molecule has 0 aliphatic rings. The molecular weight excluding hydrogens is 316 g/mol. The van der Waals surface area contributed by atoms with Crippen LogP contribution in [0.5, 0.6) is 0 Å². The number of aromatic nitrogens is 2. The first-order valence-corrected chi connectivity index (χ1v) is 8.49. The summed E-state index contributed by atoms with van der Waals surface area (Å²) in [6, 6.07) is 7.33. The van der Waals surface area contributed by atoms with Crippen molar-refractivity contribution in [3.8, 4) is 0 Å². The minimum Gasteiger partial charge on any atom is -0.321 e. The van der Waals surface area contributed by atoms with Crippen LogP contribution in [-0.2, 0) is 7.05 Å². The van der Waals surface area contributed by atoms with Gasteiger partial charge in [0.25, 0.3) is 0 Å². The van der Waals surface area contributed by atoms with Crippen LogP contribution >= 0.6 is 23.4 Å². The molecular formula is C16H21ClN4S. The van der Waals surface area contributed by atoms with Gasteiger partial charge in [0.1, 0.15) is 0 Å². The Morgan fingerprint density at radius 2 is 2.00 bits per heavy atom. The van der Waals surface area contributed by atoms with E-state index in [0.717, 1.165) is 35.1 Å². The van der Waals surface area contributed by atoms with Gasteiger partial charge in [0.15, 0.2) is 5.16 Å². The summed E-state index contributed by atoms with van der Waals surface area (Å²) in [7, 11) is 6.12. The third-order valence-electron chi connectivity index (χ3n) is 3.32. The van der Waals surface area contributed by atoms with Gasteiger partial charge >= 0.3 is 0 Å². The lowest BCUT2D eigenvalue weighted by molar-refractivity contribution is 0.410. The fourth-order valence-electron chi connectivity index (χ4n) is 2.07. The van der Waals surface area contributed by atoms with Gasteiger partial charge in [-0.2, -0.15) is 0 Å². The molecule has 0 unspecified atom stereocenters. The maximum absolute atomic E-state index is 8.35. The molecule has 0 atom stereocenters. The third-order valence-corrected chi connectivity index (χ3v) is 4.70. The Morgan fingerprint density at radius 1 is 1.32 bits per heavy atom. The van der Waals surface area contributed by atoms with Crippen molar-refractivity contribution in [3.05, 3.63) is 46.7 Å². The normalized spacial score (nSPS) is 11.1. The minimum atomic E-state index is 0.465. The van der Waals surface area contributed by atoms with E-state index in [9.17, 15) is 0 Å². The number of hydrogen-bond donors (Lipinski definition) is 1. The molecule has 1 N–H and O–H groups in total. The maximum atomic E-state index is 8.35. The summed E-state index contributed by atoms with van der Waals surface area (Å²) in [5.41, 5.74) is 2.13. The van der Waals surface area contributed by atoms with Gasteiger partial charge in [-0.3, -0.25) is 5.41 Å². The Morgan fingerprint density at radius 3 is 2.64 bits per heavy atom. The summed E-state index contributed by atoms with van der Waals surface area (Å²) in [5.74, 6) is 1.02. The zero-order chi connectivity index (χ0) is 16.1. The predicted molar refractivity (Wildman–Crippen MR) is 94.5 cm³/mol. The second kappa shape index (κ2) is 7.81. The summed E-state index contributed by atoms with van der Waals surface area (Å²) >= 11 is 7.63. The van der Waals surface area contributed by atoms with Crippen LogP contribution in [0.1, 0.15) is 17.7 Å². The van der Waals surface area contributed by atoms with Crippen molar-refractivity contribution < 1.29 is 0 Å². The highest BCUT2D eigenvalue weighted by Gasteiger charge is 2.13. The Balaban J connectivity index is 2.03. The molecule has 0 fully saturated rings. The topological polar surface area (TPSA) is 44.9 Å². The van der Waals surface area contributed by atoms with Crippen molar-refractivity contribution in [2.45, 2.75) is 11.6 Å². The van der Waals surface area contributed by atoms with E-state index in [2.05, 4.69) is 24.0 Å². The molecule has 1 aromatic carbocycles. The van der Waals surface area contributed by atoms with Crippen molar-refractivity contribution in [2.24, 2.45) is 7.05 Å². The number of hydrogen-bond acceptors (Lipinski definition) is 4. The van der Waals surface area contributed by atoms with Crippen molar-refractivity contribution in [3.63, 3.8) is 0 Å². The van der Waals surface area contributed by atoms with Crippen LogP contribution in [0.15, 0.2) is 35.6 Å². The van der Waals surface area contributed by atoms with Crippen molar-refractivity contribution >= 4 is 29.1 Å². The molecule has 118 valence electrons. The zero-order valence-corrected chi connectivity index (χ0v) is 14.7. The minimum absolute atomic E-state index is 0.465. The molecule has 0 aliphatic heterocycles. The van der Waals surface area contributed by atoms with Crippen LogP contribution in [0, 0.1) is 5.41 Å². The first-order valence-electron chi connectivity index (χ1n) is 7.13. The van der Waals surface area contributed by atoms with Gasteiger partial charge in [0.2, 0.25) is 0 Å². The van der Waals surface area contributed by atoms with E-state index >= 15 is 0 Å². The molecule has 0 amide bonds. The van der Waals surface area contributed by atoms with Crippen LogP contribution in [0.2, 0.25) is 5.02 Å². The molecule has 0 bridgehead atoms. The Kier molecular flexibility index (Phi) is 6.06. The maximum Gasteiger partial charge on any atom is 0.168 e. The highest BCUT2D eigenvalue weighted by atomic mass is 35.5. The number of imidazole rings is 1. The number of nitrogens with zero attached hydrogens (tertiary/aromatic N) is 3. The van der Waals surface area contributed by atoms with E-state index in [1.807, 2.05) is 23.7 Å². The molecule has 0 saturated carbocycles. The number of rotatable bonds is 7. The largest absolute Gasteiger partial charge is 0.321 e. The molecule has 22 heavy (non-hydrogen) atoms. The first-order chi connectivity index (χ1) is 10.5. The number of nitrogens with one attached hydrogen (secondary N) is 1. The molecule has 2 rings (SSSR count). The Hall–Kier alpha value is -1.30. The van der Waals surface area contributed by atoms with Crippen LogP contribution in [0.3, 0.4) is 0 Å². The lowest BCUT2D eigenvalue weighted by Crippen LogP contribution is -2.13. The first kappa shape index (κ1) is 17.1. The van der Waals surface area contributed by atoms with Gasteiger partial charge in [-0.1, -0.05) is 35.5 Å². The lowest BCUT2D eigenvalue weighted by Gasteiger charge is -2.09. The van der Waals surface area contributed by atoms with E-state index in [4.69, 9.17) is 17.0 Å². The second-order valence-corrected chi connectivity index (χ2v) is 6.87. The standard InChI is InChI=1S/C16H21ClN4S/c1-20(2)9-4-10-22-16-19-11-14(21(16)3)15(18)12-5-7-13(17)8-6-12/h5-8,11,18H,4,9-10H2,1-3H3. The molecule has 2 aromatic rings. The van der Waals surface area contributed by atoms with Gasteiger partial charge in [-0.05, 0) is 39.2 Å². The van der Waals surface area contributed by atoms with Crippen LogP contribution in [0.25, 0.3) is 0 Å². The number of benzene rings is 1. The zero-order valence-electron chi connectivity index (χ0n) is 13.1. The highest BCUT2D eigenvalue weighted by Crippen LogP contribution is 2.20. The quantitative estimate of drug-likeness (QED) is 0.478. The van der Waals surface area contributed by atoms with E-state index in [1.54, 1.807) is 30.1 Å². The lowest BCUT2D eigenvalue weighted by atomic mass is 10.1.